The van der Waals surface area contributed by atoms with Crippen LogP contribution in [-0.2, 0) is 18.9 Å². The Kier molecular flexibility index (Phi) is 5.64. The normalized spacial score (nSPS) is 16.2. The Hall–Kier alpha value is -2.30. The van der Waals surface area contributed by atoms with Gasteiger partial charge in [-0.25, -0.2) is 0 Å². The number of nitrogens with zero attached hydrogens (tertiary/aromatic N) is 3. The van der Waals surface area contributed by atoms with E-state index in [-0.39, 0.29) is 5.41 Å². The summed E-state index contributed by atoms with van der Waals surface area (Å²) in [5, 5.41) is 11.5. The summed E-state index contributed by atoms with van der Waals surface area (Å²) in [6.07, 6.45) is 4.75. The molecule has 1 aromatic carbocycles. The van der Waals surface area contributed by atoms with Crippen molar-refractivity contribution < 1.29 is 0 Å². The fourth-order valence-electron chi connectivity index (χ4n) is 3.92. The second-order valence-electron chi connectivity index (χ2n) is 7.38. The molecule has 5 heteroatoms. The highest BCUT2D eigenvalue weighted by Crippen LogP contribution is 2.43. The number of guanidine groups is 1. The van der Waals surface area contributed by atoms with E-state index in [1.807, 2.05) is 18.8 Å². The lowest BCUT2D eigenvalue weighted by Gasteiger charge is -2.43. The largest absolute Gasteiger partial charge is 0.356 e. The van der Waals surface area contributed by atoms with Gasteiger partial charge in [0.15, 0.2) is 5.96 Å². The highest BCUT2D eigenvalue weighted by molar-refractivity contribution is 5.79. The maximum absolute atomic E-state index is 4.49. The number of benzene rings is 1. The minimum atomic E-state index is 0.259. The lowest BCUT2D eigenvalue weighted by atomic mass is 9.64. The van der Waals surface area contributed by atoms with Gasteiger partial charge in [0, 0.05) is 38.3 Å². The van der Waals surface area contributed by atoms with Gasteiger partial charge in [0.1, 0.15) is 0 Å². The fourth-order valence-corrected chi connectivity index (χ4v) is 3.92. The van der Waals surface area contributed by atoms with Crippen LogP contribution < -0.4 is 10.6 Å². The zero-order chi connectivity index (χ0) is 18.6. The third-order valence-corrected chi connectivity index (χ3v) is 5.84. The van der Waals surface area contributed by atoms with Gasteiger partial charge in [-0.3, -0.25) is 9.67 Å². The SMILES string of the molecule is CN=C(NCCc1c(C)nn(C)c1C)NCC1(c2ccccc2)CCC1. The van der Waals surface area contributed by atoms with E-state index in [2.05, 4.69) is 64.9 Å². The maximum Gasteiger partial charge on any atom is 0.191 e. The molecule has 1 aliphatic carbocycles. The molecule has 1 aliphatic rings. The fraction of sp³-hybridized carbons (Fsp3) is 0.524. The number of aromatic nitrogens is 2. The van der Waals surface area contributed by atoms with Crippen LogP contribution in [-0.4, -0.2) is 35.9 Å². The van der Waals surface area contributed by atoms with Crippen LogP contribution in [0.3, 0.4) is 0 Å². The molecule has 2 aromatic rings. The molecule has 140 valence electrons. The Morgan fingerprint density at radius 1 is 1.19 bits per heavy atom. The van der Waals surface area contributed by atoms with Crippen LogP contribution in [0.1, 0.15) is 41.8 Å². The molecule has 0 spiro atoms. The summed E-state index contributed by atoms with van der Waals surface area (Å²) >= 11 is 0. The Bertz CT molecular complexity index is 756. The van der Waals surface area contributed by atoms with Crippen molar-refractivity contribution in [1.29, 1.82) is 0 Å². The zero-order valence-corrected chi connectivity index (χ0v) is 16.5. The molecule has 1 saturated carbocycles. The summed E-state index contributed by atoms with van der Waals surface area (Å²) in [5.74, 6) is 0.881. The first-order valence-electron chi connectivity index (χ1n) is 9.55. The molecular formula is C21H31N5. The Balaban J connectivity index is 1.54. The van der Waals surface area contributed by atoms with Crippen molar-refractivity contribution in [3.05, 3.63) is 52.8 Å². The van der Waals surface area contributed by atoms with Crippen molar-refractivity contribution in [3.63, 3.8) is 0 Å². The second-order valence-corrected chi connectivity index (χ2v) is 7.38. The highest BCUT2D eigenvalue weighted by Gasteiger charge is 2.38. The number of rotatable bonds is 6. The first-order valence-corrected chi connectivity index (χ1v) is 9.55. The monoisotopic (exact) mass is 353 g/mol. The summed E-state index contributed by atoms with van der Waals surface area (Å²) in [6.45, 7) is 5.99. The molecule has 0 amide bonds. The number of aliphatic imine (C=N–C) groups is 1. The van der Waals surface area contributed by atoms with Gasteiger partial charge in [0.2, 0.25) is 0 Å². The van der Waals surface area contributed by atoms with E-state index in [1.54, 1.807) is 0 Å². The number of aryl methyl sites for hydroxylation is 2. The molecule has 1 heterocycles. The van der Waals surface area contributed by atoms with Crippen molar-refractivity contribution in [2.75, 3.05) is 20.1 Å². The van der Waals surface area contributed by atoms with Crippen molar-refractivity contribution in [1.82, 2.24) is 20.4 Å². The minimum Gasteiger partial charge on any atom is -0.356 e. The minimum absolute atomic E-state index is 0.259. The van der Waals surface area contributed by atoms with E-state index < -0.39 is 0 Å². The van der Waals surface area contributed by atoms with Crippen LogP contribution in [0.5, 0.6) is 0 Å². The van der Waals surface area contributed by atoms with E-state index in [0.717, 1.165) is 31.2 Å². The molecule has 1 fully saturated rings. The predicted molar refractivity (Wildman–Crippen MR) is 108 cm³/mol. The number of nitrogens with one attached hydrogen (secondary N) is 2. The van der Waals surface area contributed by atoms with Crippen molar-refractivity contribution in [2.45, 2.75) is 44.9 Å². The summed E-state index contributed by atoms with van der Waals surface area (Å²) in [6, 6.07) is 10.9. The molecule has 0 atom stereocenters. The molecule has 0 saturated heterocycles. The van der Waals surface area contributed by atoms with Crippen LogP contribution in [0.15, 0.2) is 35.3 Å². The van der Waals surface area contributed by atoms with Gasteiger partial charge < -0.3 is 10.6 Å². The molecule has 3 rings (SSSR count). The summed E-state index contributed by atoms with van der Waals surface area (Å²) in [5.41, 5.74) is 5.39. The topological polar surface area (TPSA) is 54.2 Å². The second kappa shape index (κ2) is 7.94. The molecule has 26 heavy (non-hydrogen) atoms. The van der Waals surface area contributed by atoms with Crippen LogP contribution >= 0.6 is 0 Å². The summed E-state index contributed by atoms with van der Waals surface area (Å²) in [4.78, 5) is 4.40. The Labute approximate surface area is 156 Å². The molecule has 0 bridgehead atoms. The van der Waals surface area contributed by atoms with E-state index >= 15 is 0 Å². The third kappa shape index (κ3) is 3.76. The molecule has 5 nitrogen and oxygen atoms in total. The third-order valence-electron chi connectivity index (χ3n) is 5.84. The number of hydrogen-bond donors (Lipinski definition) is 2. The first-order chi connectivity index (χ1) is 12.6. The van der Waals surface area contributed by atoms with E-state index in [0.29, 0.717) is 0 Å². The van der Waals surface area contributed by atoms with Gasteiger partial charge >= 0.3 is 0 Å². The first kappa shape index (κ1) is 18.5. The van der Waals surface area contributed by atoms with Gasteiger partial charge in [-0.15, -0.1) is 0 Å². The lowest BCUT2D eigenvalue weighted by Crippen LogP contribution is -2.49. The van der Waals surface area contributed by atoms with Crippen molar-refractivity contribution in [2.24, 2.45) is 12.0 Å². The van der Waals surface area contributed by atoms with E-state index in [1.165, 1.54) is 36.1 Å². The van der Waals surface area contributed by atoms with Crippen molar-refractivity contribution >= 4 is 5.96 Å². The summed E-state index contributed by atoms with van der Waals surface area (Å²) in [7, 11) is 3.84. The lowest BCUT2D eigenvalue weighted by molar-refractivity contribution is 0.244. The molecule has 0 aliphatic heterocycles. The molecule has 0 unspecified atom stereocenters. The van der Waals surface area contributed by atoms with Gasteiger partial charge in [0.25, 0.3) is 0 Å². The summed E-state index contributed by atoms with van der Waals surface area (Å²) < 4.78 is 1.96. The van der Waals surface area contributed by atoms with Crippen molar-refractivity contribution in [3.8, 4) is 0 Å². The Morgan fingerprint density at radius 2 is 1.92 bits per heavy atom. The standard InChI is InChI=1S/C21H31N5/c1-16-19(17(2)26(4)25-16)11-14-23-20(22-3)24-15-21(12-8-13-21)18-9-6-5-7-10-18/h5-7,9-10H,8,11-15H2,1-4H3,(H2,22,23,24). The quantitative estimate of drug-likeness (QED) is 0.620. The van der Waals surface area contributed by atoms with Crippen LogP contribution in [0.2, 0.25) is 0 Å². The van der Waals surface area contributed by atoms with E-state index in [4.69, 9.17) is 0 Å². The van der Waals surface area contributed by atoms with Gasteiger partial charge in [-0.05, 0) is 44.2 Å². The average Bonchev–Trinajstić information content (AvgIpc) is 2.86. The zero-order valence-electron chi connectivity index (χ0n) is 16.5. The van der Waals surface area contributed by atoms with Gasteiger partial charge in [-0.1, -0.05) is 36.8 Å². The Morgan fingerprint density at radius 3 is 2.46 bits per heavy atom. The van der Waals surface area contributed by atoms with E-state index in [9.17, 15) is 0 Å². The maximum atomic E-state index is 4.49. The van der Waals surface area contributed by atoms with Crippen LogP contribution in [0.4, 0.5) is 0 Å². The predicted octanol–water partition coefficient (Wildman–Crippen LogP) is 2.87. The molecule has 0 radical (unpaired) electrons. The van der Waals surface area contributed by atoms with Gasteiger partial charge in [-0.2, -0.15) is 5.10 Å². The average molecular weight is 354 g/mol. The molecule has 1 aromatic heterocycles. The van der Waals surface area contributed by atoms with Gasteiger partial charge in [0.05, 0.1) is 5.69 Å². The van der Waals surface area contributed by atoms with Crippen LogP contribution in [0, 0.1) is 13.8 Å². The molecular weight excluding hydrogens is 322 g/mol. The number of hydrogen-bond acceptors (Lipinski definition) is 2. The van der Waals surface area contributed by atoms with Crippen LogP contribution in [0.25, 0.3) is 0 Å². The highest BCUT2D eigenvalue weighted by atomic mass is 15.3. The smallest absolute Gasteiger partial charge is 0.191 e. The molecule has 2 N–H and O–H groups in total.